The number of sulfonamides is 1. The standard InChI is InChI=1S/C18H19N3O3S2/c1-12(2)21(3)26(23,24)15-7-5-14(6-8-15)20-18(22)13-4-9-16-17(10-13)25-11-19-16/h4-12H,1-3H3,(H,20,22). The van der Waals surface area contributed by atoms with Gasteiger partial charge in [-0.2, -0.15) is 4.31 Å². The van der Waals surface area contributed by atoms with Crippen molar-refractivity contribution in [2.45, 2.75) is 24.8 Å². The number of thiazole rings is 1. The minimum Gasteiger partial charge on any atom is -0.322 e. The number of aromatic nitrogens is 1. The van der Waals surface area contributed by atoms with Gasteiger partial charge in [0, 0.05) is 24.3 Å². The predicted molar refractivity (Wildman–Crippen MR) is 104 cm³/mol. The second-order valence-electron chi connectivity index (χ2n) is 6.13. The molecule has 0 aliphatic carbocycles. The summed E-state index contributed by atoms with van der Waals surface area (Å²) in [4.78, 5) is 16.8. The summed E-state index contributed by atoms with van der Waals surface area (Å²) in [7, 11) is -1.99. The van der Waals surface area contributed by atoms with Crippen LogP contribution in [0.15, 0.2) is 52.9 Å². The Kier molecular flexibility index (Phi) is 5.08. The average molecular weight is 390 g/mol. The molecular weight excluding hydrogens is 370 g/mol. The Morgan fingerprint density at radius 2 is 1.85 bits per heavy atom. The molecule has 3 rings (SSSR count). The van der Waals surface area contributed by atoms with Crippen molar-refractivity contribution in [3.05, 3.63) is 53.5 Å². The molecule has 2 aromatic carbocycles. The highest BCUT2D eigenvalue weighted by Crippen LogP contribution is 2.21. The molecule has 0 unspecified atom stereocenters. The quantitative estimate of drug-likeness (QED) is 0.723. The summed E-state index contributed by atoms with van der Waals surface area (Å²) in [6.07, 6.45) is 0. The zero-order valence-electron chi connectivity index (χ0n) is 14.6. The van der Waals surface area contributed by atoms with E-state index in [-0.39, 0.29) is 16.8 Å². The normalized spacial score (nSPS) is 12.0. The third-order valence-corrected chi connectivity index (χ3v) is 6.95. The van der Waals surface area contributed by atoms with Crippen LogP contribution in [0.4, 0.5) is 5.69 Å². The van der Waals surface area contributed by atoms with E-state index in [1.807, 2.05) is 13.8 Å². The second kappa shape index (κ2) is 7.14. The van der Waals surface area contributed by atoms with Gasteiger partial charge in [-0.3, -0.25) is 4.79 Å². The van der Waals surface area contributed by atoms with E-state index in [1.54, 1.807) is 42.9 Å². The molecule has 1 N–H and O–H groups in total. The van der Waals surface area contributed by atoms with E-state index >= 15 is 0 Å². The molecule has 0 aliphatic heterocycles. The molecular formula is C18H19N3O3S2. The zero-order chi connectivity index (χ0) is 18.9. The largest absolute Gasteiger partial charge is 0.322 e. The first-order valence-electron chi connectivity index (χ1n) is 8.02. The maximum atomic E-state index is 12.5. The monoisotopic (exact) mass is 389 g/mol. The van der Waals surface area contributed by atoms with Crippen LogP contribution in [0.2, 0.25) is 0 Å². The molecule has 8 heteroatoms. The van der Waals surface area contributed by atoms with E-state index in [0.29, 0.717) is 11.3 Å². The van der Waals surface area contributed by atoms with Crippen LogP contribution in [0.3, 0.4) is 0 Å². The van der Waals surface area contributed by atoms with Crippen LogP contribution in [-0.4, -0.2) is 36.7 Å². The van der Waals surface area contributed by atoms with Gasteiger partial charge in [0.05, 0.1) is 20.6 Å². The molecule has 1 heterocycles. The number of anilines is 1. The molecule has 0 saturated heterocycles. The lowest BCUT2D eigenvalue weighted by Crippen LogP contribution is -2.33. The van der Waals surface area contributed by atoms with Crippen molar-refractivity contribution >= 4 is 43.2 Å². The molecule has 0 spiro atoms. The first-order valence-corrected chi connectivity index (χ1v) is 10.3. The lowest BCUT2D eigenvalue weighted by atomic mass is 10.2. The molecule has 0 atom stereocenters. The van der Waals surface area contributed by atoms with Crippen LogP contribution in [0, 0.1) is 0 Å². The number of nitrogens with zero attached hydrogens (tertiary/aromatic N) is 2. The SMILES string of the molecule is CC(C)N(C)S(=O)(=O)c1ccc(NC(=O)c2ccc3ncsc3c2)cc1. The van der Waals surface area contributed by atoms with Crippen molar-refractivity contribution in [2.24, 2.45) is 0 Å². The second-order valence-corrected chi connectivity index (χ2v) is 9.01. The highest BCUT2D eigenvalue weighted by atomic mass is 32.2. The minimum absolute atomic E-state index is 0.138. The molecule has 3 aromatic rings. The highest BCUT2D eigenvalue weighted by Gasteiger charge is 2.22. The molecule has 6 nitrogen and oxygen atoms in total. The van der Waals surface area contributed by atoms with Gasteiger partial charge in [0.25, 0.3) is 5.91 Å². The van der Waals surface area contributed by atoms with Gasteiger partial charge in [-0.25, -0.2) is 13.4 Å². The van der Waals surface area contributed by atoms with Crippen molar-refractivity contribution in [2.75, 3.05) is 12.4 Å². The Morgan fingerprint density at radius 1 is 1.15 bits per heavy atom. The van der Waals surface area contributed by atoms with Crippen molar-refractivity contribution in [3.63, 3.8) is 0 Å². The molecule has 1 amide bonds. The van der Waals surface area contributed by atoms with E-state index in [1.165, 1.54) is 27.8 Å². The Hall–Kier alpha value is -2.29. The van der Waals surface area contributed by atoms with Crippen LogP contribution in [0.1, 0.15) is 24.2 Å². The van der Waals surface area contributed by atoms with Crippen molar-refractivity contribution in [3.8, 4) is 0 Å². The van der Waals surface area contributed by atoms with Gasteiger partial charge in [0.1, 0.15) is 0 Å². The summed E-state index contributed by atoms with van der Waals surface area (Å²) in [5.41, 5.74) is 3.65. The molecule has 0 bridgehead atoms. The minimum atomic E-state index is -3.54. The van der Waals surface area contributed by atoms with Gasteiger partial charge in [-0.1, -0.05) is 0 Å². The first kappa shape index (κ1) is 18.5. The Bertz CT molecular complexity index is 1040. The summed E-state index contributed by atoms with van der Waals surface area (Å²) in [6.45, 7) is 3.62. The van der Waals surface area contributed by atoms with E-state index in [2.05, 4.69) is 10.3 Å². The molecule has 26 heavy (non-hydrogen) atoms. The molecule has 1 aromatic heterocycles. The third-order valence-electron chi connectivity index (χ3n) is 4.11. The van der Waals surface area contributed by atoms with E-state index < -0.39 is 10.0 Å². The predicted octanol–water partition coefficient (Wildman–Crippen LogP) is 3.58. The number of carbonyl (C=O) groups is 1. The Labute approximate surface area is 156 Å². The fourth-order valence-corrected chi connectivity index (χ4v) is 4.44. The highest BCUT2D eigenvalue weighted by molar-refractivity contribution is 7.89. The van der Waals surface area contributed by atoms with Crippen molar-refractivity contribution in [1.82, 2.24) is 9.29 Å². The number of hydrogen-bond acceptors (Lipinski definition) is 5. The molecule has 0 aliphatic rings. The lowest BCUT2D eigenvalue weighted by Gasteiger charge is -2.21. The van der Waals surface area contributed by atoms with Gasteiger partial charge in [-0.15, -0.1) is 11.3 Å². The van der Waals surface area contributed by atoms with Crippen LogP contribution >= 0.6 is 11.3 Å². The fourth-order valence-electron chi connectivity index (χ4n) is 2.35. The van der Waals surface area contributed by atoms with Crippen LogP contribution < -0.4 is 5.32 Å². The summed E-state index contributed by atoms with van der Waals surface area (Å²) in [5.74, 6) is -0.254. The Balaban J connectivity index is 1.77. The maximum Gasteiger partial charge on any atom is 0.255 e. The molecule has 0 fully saturated rings. The average Bonchev–Trinajstić information content (AvgIpc) is 3.09. The summed E-state index contributed by atoms with van der Waals surface area (Å²) in [6, 6.07) is 11.3. The van der Waals surface area contributed by atoms with Gasteiger partial charge < -0.3 is 5.32 Å². The number of hydrogen-bond donors (Lipinski definition) is 1. The maximum absolute atomic E-state index is 12.5. The number of nitrogens with one attached hydrogen (secondary N) is 1. The van der Waals surface area contributed by atoms with Crippen LogP contribution in [-0.2, 0) is 10.0 Å². The smallest absolute Gasteiger partial charge is 0.255 e. The summed E-state index contributed by atoms with van der Waals surface area (Å²) in [5, 5.41) is 2.78. The van der Waals surface area contributed by atoms with Gasteiger partial charge in [-0.05, 0) is 56.3 Å². The van der Waals surface area contributed by atoms with E-state index in [0.717, 1.165) is 10.2 Å². The zero-order valence-corrected chi connectivity index (χ0v) is 16.3. The van der Waals surface area contributed by atoms with Gasteiger partial charge in [0.15, 0.2) is 0 Å². The van der Waals surface area contributed by atoms with Crippen molar-refractivity contribution < 1.29 is 13.2 Å². The van der Waals surface area contributed by atoms with Crippen LogP contribution in [0.5, 0.6) is 0 Å². The molecule has 0 saturated carbocycles. The lowest BCUT2D eigenvalue weighted by molar-refractivity contribution is 0.102. The number of benzene rings is 2. The summed E-state index contributed by atoms with van der Waals surface area (Å²) >= 11 is 1.47. The Morgan fingerprint density at radius 3 is 2.50 bits per heavy atom. The van der Waals surface area contributed by atoms with E-state index in [4.69, 9.17) is 0 Å². The first-order chi connectivity index (χ1) is 12.3. The summed E-state index contributed by atoms with van der Waals surface area (Å²) < 4.78 is 27.2. The number of amides is 1. The molecule has 136 valence electrons. The van der Waals surface area contributed by atoms with Gasteiger partial charge >= 0.3 is 0 Å². The number of carbonyl (C=O) groups excluding carboxylic acids is 1. The fraction of sp³-hybridized carbons (Fsp3) is 0.222. The van der Waals surface area contributed by atoms with Crippen LogP contribution in [0.25, 0.3) is 10.2 Å². The number of rotatable bonds is 5. The number of fused-ring (bicyclic) bond motifs is 1. The topological polar surface area (TPSA) is 79.4 Å². The van der Waals surface area contributed by atoms with E-state index in [9.17, 15) is 13.2 Å². The van der Waals surface area contributed by atoms with Gasteiger partial charge in [0.2, 0.25) is 10.0 Å². The third kappa shape index (κ3) is 3.62. The molecule has 0 radical (unpaired) electrons. The van der Waals surface area contributed by atoms with Crippen molar-refractivity contribution in [1.29, 1.82) is 0 Å².